The van der Waals surface area contributed by atoms with Gasteiger partial charge in [0.05, 0.1) is 5.56 Å². The van der Waals surface area contributed by atoms with E-state index in [0.29, 0.717) is 6.54 Å². The van der Waals surface area contributed by atoms with Crippen molar-refractivity contribution in [1.29, 1.82) is 0 Å². The van der Waals surface area contributed by atoms with Crippen LogP contribution in [0.1, 0.15) is 29.8 Å². The molecule has 1 amide bonds. The Balaban J connectivity index is 2.83. The highest BCUT2D eigenvalue weighted by atomic mass is 19.4. The molecular formula is C13H17F3N2O. The molecule has 0 heterocycles. The molecule has 0 saturated heterocycles. The molecule has 6 heteroatoms. The molecule has 0 bridgehead atoms. The Bertz CT molecular complexity index is 446. The lowest BCUT2D eigenvalue weighted by atomic mass is 10.0. The van der Waals surface area contributed by atoms with E-state index in [1.165, 1.54) is 12.1 Å². The minimum absolute atomic E-state index is 0.00843. The van der Waals surface area contributed by atoms with Crippen molar-refractivity contribution in [3.63, 3.8) is 0 Å². The SMILES string of the molecule is CC(CN)C(C)NC(=O)c1cccc(C(F)(F)F)c1. The van der Waals surface area contributed by atoms with Crippen LogP contribution in [0.4, 0.5) is 13.2 Å². The monoisotopic (exact) mass is 274 g/mol. The molecule has 3 nitrogen and oxygen atoms in total. The van der Waals surface area contributed by atoms with Gasteiger partial charge in [0.1, 0.15) is 0 Å². The quantitative estimate of drug-likeness (QED) is 0.886. The van der Waals surface area contributed by atoms with Gasteiger partial charge in [-0.15, -0.1) is 0 Å². The largest absolute Gasteiger partial charge is 0.416 e. The summed E-state index contributed by atoms with van der Waals surface area (Å²) in [6.45, 7) is 4.02. The predicted octanol–water partition coefficient (Wildman–Crippen LogP) is 2.42. The molecule has 0 aliphatic heterocycles. The number of halogens is 3. The first kappa shape index (κ1) is 15.5. The van der Waals surface area contributed by atoms with Crippen molar-refractivity contribution >= 4 is 5.91 Å². The van der Waals surface area contributed by atoms with Gasteiger partial charge in [0.15, 0.2) is 0 Å². The van der Waals surface area contributed by atoms with Gasteiger partial charge in [-0.3, -0.25) is 4.79 Å². The van der Waals surface area contributed by atoms with Crippen molar-refractivity contribution in [3.05, 3.63) is 35.4 Å². The summed E-state index contributed by atoms with van der Waals surface area (Å²) in [4.78, 5) is 11.8. The van der Waals surface area contributed by atoms with E-state index in [1.807, 2.05) is 6.92 Å². The van der Waals surface area contributed by atoms with Crippen LogP contribution in [0.5, 0.6) is 0 Å². The lowest BCUT2D eigenvalue weighted by Gasteiger charge is -2.20. The second-order valence-corrected chi connectivity index (χ2v) is 4.55. The molecule has 1 aromatic carbocycles. The number of carbonyl (C=O) groups excluding carboxylic acids is 1. The van der Waals surface area contributed by atoms with E-state index < -0.39 is 17.6 Å². The van der Waals surface area contributed by atoms with Gasteiger partial charge < -0.3 is 11.1 Å². The number of hydrogen-bond donors (Lipinski definition) is 2. The first-order valence-corrected chi connectivity index (χ1v) is 5.94. The Morgan fingerprint density at radius 3 is 2.53 bits per heavy atom. The summed E-state index contributed by atoms with van der Waals surface area (Å²) in [7, 11) is 0. The van der Waals surface area contributed by atoms with Crippen LogP contribution in [0.25, 0.3) is 0 Å². The van der Waals surface area contributed by atoms with Crippen LogP contribution in [0, 0.1) is 5.92 Å². The molecular weight excluding hydrogens is 257 g/mol. The van der Waals surface area contributed by atoms with Crippen molar-refractivity contribution in [2.75, 3.05) is 6.54 Å². The molecule has 2 atom stereocenters. The third-order valence-electron chi connectivity index (χ3n) is 3.04. The number of carbonyl (C=O) groups is 1. The summed E-state index contributed by atoms with van der Waals surface area (Å²) in [5, 5.41) is 2.64. The summed E-state index contributed by atoms with van der Waals surface area (Å²) in [6, 6.07) is 4.14. The summed E-state index contributed by atoms with van der Waals surface area (Å²) >= 11 is 0. The molecule has 0 aliphatic carbocycles. The van der Waals surface area contributed by atoms with Gasteiger partial charge in [-0.2, -0.15) is 13.2 Å². The van der Waals surface area contributed by atoms with Crippen LogP contribution in [-0.4, -0.2) is 18.5 Å². The molecule has 0 saturated carbocycles. The fraction of sp³-hybridized carbons (Fsp3) is 0.462. The number of nitrogens with one attached hydrogen (secondary N) is 1. The Labute approximate surface area is 110 Å². The number of amides is 1. The number of hydrogen-bond acceptors (Lipinski definition) is 2. The fourth-order valence-corrected chi connectivity index (χ4v) is 1.47. The molecule has 1 rings (SSSR count). The van der Waals surface area contributed by atoms with Crippen LogP contribution in [0.2, 0.25) is 0 Å². The normalized spacial score (nSPS) is 14.8. The van der Waals surface area contributed by atoms with E-state index in [2.05, 4.69) is 5.32 Å². The Hall–Kier alpha value is -1.56. The number of rotatable bonds is 4. The smallest absolute Gasteiger partial charge is 0.349 e. The Morgan fingerprint density at radius 1 is 1.37 bits per heavy atom. The van der Waals surface area contributed by atoms with Gasteiger partial charge in [-0.1, -0.05) is 13.0 Å². The second-order valence-electron chi connectivity index (χ2n) is 4.55. The molecule has 0 fully saturated rings. The van der Waals surface area contributed by atoms with E-state index in [1.54, 1.807) is 6.92 Å². The first-order chi connectivity index (χ1) is 8.75. The molecule has 2 unspecified atom stereocenters. The minimum Gasteiger partial charge on any atom is -0.349 e. The van der Waals surface area contributed by atoms with E-state index in [9.17, 15) is 18.0 Å². The first-order valence-electron chi connectivity index (χ1n) is 5.94. The molecule has 1 aromatic rings. The van der Waals surface area contributed by atoms with Gasteiger partial charge in [0, 0.05) is 11.6 Å². The third kappa shape index (κ3) is 4.24. The molecule has 106 valence electrons. The standard InChI is InChI=1S/C13H17F3N2O/c1-8(7-17)9(2)18-12(19)10-4-3-5-11(6-10)13(14,15)16/h3-6,8-9H,7,17H2,1-2H3,(H,18,19). The number of alkyl halides is 3. The van der Waals surface area contributed by atoms with Crippen LogP contribution < -0.4 is 11.1 Å². The maximum Gasteiger partial charge on any atom is 0.416 e. The van der Waals surface area contributed by atoms with Gasteiger partial charge in [0.25, 0.3) is 5.91 Å². The van der Waals surface area contributed by atoms with Crippen LogP contribution in [-0.2, 0) is 6.18 Å². The van der Waals surface area contributed by atoms with Crippen molar-refractivity contribution in [2.24, 2.45) is 11.7 Å². The Morgan fingerprint density at radius 2 is 2.00 bits per heavy atom. The molecule has 0 spiro atoms. The van der Waals surface area contributed by atoms with Crippen molar-refractivity contribution in [2.45, 2.75) is 26.1 Å². The topological polar surface area (TPSA) is 55.1 Å². The van der Waals surface area contributed by atoms with Crippen molar-refractivity contribution in [1.82, 2.24) is 5.32 Å². The van der Waals surface area contributed by atoms with E-state index in [0.717, 1.165) is 12.1 Å². The van der Waals surface area contributed by atoms with E-state index in [4.69, 9.17) is 5.73 Å². The highest BCUT2D eigenvalue weighted by Crippen LogP contribution is 2.29. The van der Waals surface area contributed by atoms with Gasteiger partial charge in [-0.05, 0) is 37.6 Å². The summed E-state index contributed by atoms with van der Waals surface area (Å²) in [5.74, 6) is -0.478. The zero-order chi connectivity index (χ0) is 14.6. The van der Waals surface area contributed by atoms with Crippen molar-refractivity contribution in [3.8, 4) is 0 Å². The van der Waals surface area contributed by atoms with E-state index >= 15 is 0 Å². The van der Waals surface area contributed by atoms with Gasteiger partial charge in [-0.25, -0.2) is 0 Å². The highest BCUT2D eigenvalue weighted by molar-refractivity contribution is 5.94. The van der Waals surface area contributed by atoms with Crippen LogP contribution >= 0.6 is 0 Å². The fourth-order valence-electron chi connectivity index (χ4n) is 1.47. The van der Waals surface area contributed by atoms with Crippen LogP contribution in [0.3, 0.4) is 0 Å². The maximum absolute atomic E-state index is 12.5. The van der Waals surface area contributed by atoms with Gasteiger partial charge >= 0.3 is 6.18 Å². The predicted molar refractivity (Wildman–Crippen MR) is 66.6 cm³/mol. The molecule has 19 heavy (non-hydrogen) atoms. The highest BCUT2D eigenvalue weighted by Gasteiger charge is 2.31. The maximum atomic E-state index is 12.5. The van der Waals surface area contributed by atoms with Crippen LogP contribution in [0.15, 0.2) is 24.3 Å². The zero-order valence-electron chi connectivity index (χ0n) is 10.8. The molecule has 0 aliphatic rings. The van der Waals surface area contributed by atoms with Gasteiger partial charge in [0.2, 0.25) is 0 Å². The average Bonchev–Trinajstić information content (AvgIpc) is 2.36. The average molecular weight is 274 g/mol. The molecule has 0 aromatic heterocycles. The number of nitrogens with two attached hydrogens (primary N) is 1. The zero-order valence-corrected chi connectivity index (χ0v) is 10.8. The Kier molecular flexibility index (Phi) is 4.94. The number of benzene rings is 1. The van der Waals surface area contributed by atoms with Crippen molar-refractivity contribution < 1.29 is 18.0 Å². The second kappa shape index (κ2) is 6.06. The lowest BCUT2D eigenvalue weighted by Crippen LogP contribution is -2.39. The minimum atomic E-state index is -4.45. The third-order valence-corrected chi connectivity index (χ3v) is 3.04. The molecule has 3 N–H and O–H groups in total. The lowest BCUT2D eigenvalue weighted by molar-refractivity contribution is -0.137. The summed E-state index contributed by atoms with van der Waals surface area (Å²) < 4.78 is 37.6. The summed E-state index contributed by atoms with van der Waals surface area (Å²) in [6.07, 6.45) is -4.45. The molecule has 0 radical (unpaired) electrons. The summed E-state index contributed by atoms with van der Waals surface area (Å²) in [5.41, 5.74) is 4.63. The van der Waals surface area contributed by atoms with E-state index in [-0.39, 0.29) is 17.5 Å².